The van der Waals surface area contributed by atoms with Crippen molar-refractivity contribution in [1.29, 1.82) is 0 Å². The third-order valence-electron chi connectivity index (χ3n) is 2.83. The van der Waals surface area contributed by atoms with E-state index in [-0.39, 0.29) is 16.7 Å². The summed E-state index contributed by atoms with van der Waals surface area (Å²) in [6.45, 7) is 2.58. The first-order chi connectivity index (χ1) is 9.56. The van der Waals surface area contributed by atoms with Gasteiger partial charge in [-0.05, 0) is 25.0 Å². The number of nitro groups is 1. The second-order valence-corrected chi connectivity index (χ2v) is 4.81. The van der Waals surface area contributed by atoms with Gasteiger partial charge in [0.15, 0.2) is 0 Å². The lowest BCUT2D eigenvalue weighted by Gasteiger charge is -2.07. The zero-order valence-electron chi connectivity index (χ0n) is 11.0. The number of nitrogens with zero attached hydrogens (tertiary/aromatic N) is 2. The summed E-state index contributed by atoms with van der Waals surface area (Å²) >= 11 is 5.76. The minimum atomic E-state index is -0.474. The van der Waals surface area contributed by atoms with Gasteiger partial charge in [0.1, 0.15) is 5.15 Å². The number of aromatic nitrogens is 1. The van der Waals surface area contributed by atoms with Crippen LogP contribution in [0.5, 0.6) is 0 Å². The van der Waals surface area contributed by atoms with E-state index in [0.717, 1.165) is 6.42 Å². The first kappa shape index (κ1) is 14.3. The average Bonchev–Trinajstić information content (AvgIpc) is 2.38. The number of hydrogen-bond acceptors (Lipinski definition) is 4. The van der Waals surface area contributed by atoms with Crippen LogP contribution in [-0.2, 0) is 6.42 Å². The molecule has 1 aromatic carbocycles. The molecule has 1 heterocycles. The van der Waals surface area contributed by atoms with Crippen molar-refractivity contribution in [2.45, 2.75) is 13.3 Å². The van der Waals surface area contributed by atoms with Gasteiger partial charge < -0.3 is 5.32 Å². The Morgan fingerprint density at radius 1 is 1.35 bits per heavy atom. The van der Waals surface area contributed by atoms with E-state index >= 15 is 0 Å². The molecule has 0 saturated carbocycles. The molecule has 0 bridgehead atoms. The molecule has 2 aromatic rings. The van der Waals surface area contributed by atoms with Gasteiger partial charge in [-0.1, -0.05) is 41.4 Å². The topological polar surface area (TPSA) is 68.1 Å². The van der Waals surface area contributed by atoms with Gasteiger partial charge in [0.25, 0.3) is 0 Å². The summed E-state index contributed by atoms with van der Waals surface area (Å²) in [5, 5.41) is 14.1. The van der Waals surface area contributed by atoms with Crippen LogP contribution < -0.4 is 5.32 Å². The lowest BCUT2D eigenvalue weighted by atomic mass is 10.1. The zero-order valence-corrected chi connectivity index (χ0v) is 11.7. The van der Waals surface area contributed by atoms with E-state index in [1.165, 1.54) is 23.3 Å². The van der Waals surface area contributed by atoms with Crippen LogP contribution in [0.3, 0.4) is 0 Å². The van der Waals surface area contributed by atoms with Gasteiger partial charge in [0, 0.05) is 12.6 Å². The van der Waals surface area contributed by atoms with E-state index in [1.807, 2.05) is 25.1 Å². The van der Waals surface area contributed by atoms with Crippen molar-refractivity contribution in [2.24, 2.45) is 0 Å². The summed E-state index contributed by atoms with van der Waals surface area (Å²) in [5.41, 5.74) is 2.29. The summed E-state index contributed by atoms with van der Waals surface area (Å²) in [6.07, 6.45) is 0.757. The first-order valence-corrected chi connectivity index (χ1v) is 6.54. The second kappa shape index (κ2) is 6.34. The monoisotopic (exact) mass is 291 g/mol. The van der Waals surface area contributed by atoms with Crippen molar-refractivity contribution in [2.75, 3.05) is 11.9 Å². The van der Waals surface area contributed by atoms with Gasteiger partial charge in [-0.3, -0.25) is 10.1 Å². The Kier molecular flexibility index (Phi) is 4.53. The van der Waals surface area contributed by atoms with E-state index < -0.39 is 4.92 Å². The maximum atomic E-state index is 10.9. The Hall–Kier alpha value is -2.14. The number of hydrogen-bond donors (Lipinski definition) is 1. The zero-order chi connectivity index (χ0) is 14.5. The highest BCUT2D eigenvalue weighted by Gasteiger charge is 2.15. The number of rotatable bonds is 5. The maximum Gasteiger partial charge on any atom is 0.311 e. The minimum Gasteiger partial charge on any atom is -0.364 e. The normalized spacial score (nSPS) is 10.3. The first-order valence-electron chi connectivity index (χ1n) is 6.16. The fourth-order valence-corrected chi connectivity index (χ4v) is 2.05. The SMILES string of the molecule is Cc1cccc(CCNc2nc(Cl)ccc2[N+](=O)[O-])c1. The van der Waals surface area contributed by atoms with Crippen LogP contribution in [0.2, 0.25) is 5.15 Å². The molecule has 0 aliphatic rings. The predicted molar refractivity (Wildman–Crippen MR) is 79.3 cm³/mol. The summed E-state index contributed by atoms with van der Waals surface area (Å²) in [6, 6.07) is 10.9. The molecule has 20 heavy (non-hydrogen) atoms. The highest BCUT2D eigenvalue weighted by atomic mass is 35.5. The average molecular weight is 292 g/mol. The molecule has 0 saturated heterocycles. The van der Waals surface area contributed by atoms with Gasteiger partial charge in [0.2, 0.25) is 5.82 Å². The fraction of sp³-hybridized carbons (Fsp3) is 0.214. The molecule has 5 nitrogen and oxygen atoms in total. The number of halogens is 1. The highest BCUT2D eigenvalue weighted by Crippen LogP contribution is 2.23. The molecule has 0 fully saturated rings. The van der Waals surface area contributed by atoms with Crippen LogP contribution in [0.4, 0.5) is 11.5 Å². The van der Waals surface area contributed by atoms with Crippen molar-refractivity contribution < 1.29 is 4.92 Å². The molecule has 0 radical (unpaired) electrons. The van der Waals surface area contributed by atoms with Crippen LogP contribution in [-0.4, -0.2) is 16.5 Å². The standard InChI is InChI=1S/C14H14ClN3O2/c1-10-3-2-4-11(9-10)7-8-16-14-12(18(19)20)5-6-13(15)17-14/h2-6,9H,7-8H2,1H3,(H,16,17). The number of aryl methyl sites for hydroxylation is 1. The van der Waals surface area contributed by atoms with E-state index in [1.54, 1.807) is 0 Å². The summed E-state index contributed by atoms with van der Waals surface area (Å²) < 4.78 is 0. The van der Waals surface area contributed by atoms with Crippen molar-refractivity contribution in [3.63, 3.8) is 0 Å². The molecule has 0 atom stereocenters. The third kappa shape index (κ3) is 3.68. The summed E-state index contributed by atoms with van der Waals surface area (Å²) in [5.74, 6) is 0.204. The van der Waals surface area contributed by atoms with Gasteiger partial charge in [-0.25, -0.2) is 4.98 Å². The molecule has 6 heteroatoms. The summed E-state index contributed by atoms with van der Waals surface area (Å²) in [7, 11) is 0. The lowest BCUT2D eigenvalue weighted by molar-refractivity contribution is -0.384. The fourth-order valence-electron chi connectivity index (χ4n) is 1.90. The Balaban J connectivity index is 2.04. The van der Waals surface area contributed by atoms with Crippen molar-refractivity contribution >= 4 is 23.1 Å². The molecule has 0 aliphatic carbocycles. The van der Waals surface area contributed by atoms with Crippen LogP contribution in [0.15, 0.2) is 36.4 Å². The lowest BCUT2D eigenvalue weighted by Crippen LogP contribution is -2.08. The number of anilines is 1. The molecular weight excluding hydrogens is 278 g/mol. The minimum absolute atomic E-state index is 0.0707. The van der Waals surface area contributed by atoms with Crippen molar-refractivity contribution in [1.82, 2.24) is 4.98 Å². The molecule has 1 aromatic heterocycles. The van der Waals surface area contributed by atoms with Crippen LogP contribution in [0.25, 0.3) is 0 Å². The summed E-state index contributed by atoms with van der Waals surface area (Å²) in [4.78, 5) is 14.4. The van der Waals surface area contributed by atoms with Crippen molar-refractivity contribution in [3.8, 4) is 0 Å². The van der Waals surface area contributed by atoms with Gasteiger partial charge in [-0.15, -0.1) is 0 Å². The Morgan fingerprint density at radius 3 is 2.85 bits per heavy atom. The highest BCUT2D eigenvalue weighted by molar-refractivity contribution is 6.29. The Morgan fingerprint density at radius 2 is 2.15 bits per heavy atom. The number of nitrogens with one attached hydrogen (secondary N) is 1. The quantitative estimate of drug-likeness (QED) is 0.519. The van der Waals surface area contributed by atoms with Crippen LogP contribution in [0, 0.1) is 17.0 Å². The molecule has 2 rings (SSSR count). The molecule has 0 aliphatic heterocycles. The smallest absolute Gasteiger partial charge is 0.311 e. The third-order valence-corrected chi connectivity index (χ3v) is 3.04. The number of benzene rings is 1. The molecule has 104 valence electrons. The molecule has 0 unspecified atom stereocenters. The molecule has 0 spiro atoms. The van der Waals surface area contributed by atoms with Gasteiger partial charge >= 0.3 is 5.69 Å². The largest absolute Gasteiger partial charge is 0.364 e. The number of pyridine rings is 1. The molecule has 0 amide bonds. The predicted octanol–water partition coefficient (Wildman–Crippen LogP) is 3.61. The van der Waals surface area contributed by atoms with Gasteiger partial charge in [0.05, 0.1) is 4.92 Å². The van der Waals surface area contributed by atoms with E-state index in [4.69, 9.17) is 11.6 Å². The molecular formula is C14H14ClN3O2. The Bertz CT molecular complexity index is 632. The van der Waals surface area contributed by atoms with Crippen LogP contribution >= 0.6 is 11.6 Å². The van der Waals surface area contributed by atoms with Gasteiger partial charge in [-0.2, -0.15) is 0 Å². The van der Waals surface area contributed by atoms with E-state index in [9.17, 15) is 10.1 Å². The van der Waals surface area contributed by atoms with E-state index in [0.29, 0.717) is 6.54 Å². The van der Waals surface area contributed by atoms with Crippen molar-refractivity contribution in [3.05, 3.63) is 62.8 Å². The second-order valence-electron chi connectivity index (χ2n) is 4.42. The van der Waals surface area contributed by atoms with E-state index in [2.05, 4.69) is 16.4 Å². The Labute approximate surface area is 121 Å². The molecule has 1 N–H and O–H groups in total. The maximum absolute atomic E-state index is 10.9. The van der Waals surface area contributed by atoms with Crippen LogP contribution in [0.1, 0.15) is 11.1 Å².